The van der Waals surface area contributed by atoms with Crippen LogP contribution in [0.3, 0.4) is 0 Å². The minimum Gasteiger partial charge on any atom is -0.326 e. The minimum atomic E-state index is -0.793. The highest BCUT2D eigenvalue weighted by molar-refractivity contribution is 5.93. The number of hydrogen-bond acceptors (Lipinski definition) is 1. The number of carbonyl (C=O) groups is 1. The van der Waals surface area contributed by atoms with Crippen molar-refractivity contribution >= 4 is 11.6 Å². The van der Waals surface area contributed by atoms with Crippen LogP contribution in [0.5, 0.6) is 0 Å². The molecular formula is C22H21F2N2O+. The Labute approximate surface area is 157 Å². The van der Waals surface area contributed by atoms with Crippen LogP contribution in [0.15, 0.2) is 78.9 Å². The molecule has 27 heavy (non-hydrogen) atoms. The molecule has 5 heteroatoms. The molecule has 0 bridgehead atoms. The molecule has 0 aliphatic carbocycles. The Morgan fingerprint density at radius 1 is 0.889 bits per heavy atom. The summed E-state index contributed by atoms with van der Waals surface area (Å²) in [5, 5.41) is 4.47. The molecule has 0 unspecified atom stereocenters. The summed E-state index contributed by atoms with van der Waals surface area (Å²) >= 11 is 0. The molecule has 3 aromatic rings. The van der Waals surface area contributed by atoms with Crippen molar-refractivity contribution in [1.29, 1.82) is 0 Å². The second kappa shape index (κ2) is 8.56. The van der Waals surface area contributed by atoms with Crippen LogP contribution < -0.4 is 10.6 Å². The average molecular weight is 367 g/mol. The smallest absolute Gasteiger partial charge is 0.282 e. The van der Waals surface area contributed by atoms with Gasteiger partial charge in [-0.25, -0.2) is 8.78 Å². The summed E-state index contributed by atoms with van der Waals surface area (Å²) in [6, 6.07) is 22.3. The van der Waals surface area contributed by atoms with Crippen LogP contribution in [0.2, 0.25) is 0 Å². The van der Waals surface area contributed by atoms with Crippen LogP contribution in [-0.2, 0) is 4.79 Å². The molecule has 3 N–H and O–H groups in total. The van der Waals surface area contributed by atoms with Crippen LogP contribution in [0.1, 0.15) is 24.1 Å². The molecule has 0 radical (unpaired) electrons. The summed E-state index contributed by atoms with van der Waals surface area (Å²) in [5.74, 6) is -1.83. The lowest BCUT2D eigenvalue weighted by Crippen LogP contribution is -2.92. The Kier molecular flexibility index (Phi) is 5.94. The number of nitrogens with one attached hydrogen (secondary N) is 1. The highest BCUT2D eigenvalue weighted by Crippen LogP contribution is 2.18. The van der Waals surface area contributed by atoms with E-state index in [4.69, 9.17) is 0 Å². The second-order valence-electron chi connectivity index (χ2n) is 6.39. The van der Waals surface area contributed by atoms with Gasteiger partial charge in [0.25, 0.3) is 5.91 Å². The molecule has 1 amide bonds. The van der Waals surface area contributed by atoms with E-state index in [2.05, 4.69) is 5.32 Å². The molecular weight excluding hydrogens is 346 g/mol. The third kappa shape index (κ3) is 4.77. The number of rotatable bonds is 6. The monoisotopic (exact) mass is 367 g/mol. The van der Waals surface area contributed by atoms with Gasteiger partial charge in [-0.05, 0) is 19.1 Å². The molecule has 138 valence electrons. The lowest BCUT2D eigenvalue weighted by molar-refractivity contribution is -0.704. The van der Waals surface area contributed by atoms with Gasteiger partial charge in [-0.1, -0.05) is 60.7 Å². The van der Waals surface area contributed by atoms with Crippen molar-refractivity contribution in [3.8, 4) is 0 Å². The predicted molar refractivity (Wildman–Crippen MR) is 101 cm³/mol. The van der Waals surface area contributed by atoms with Gasteiger partial charge in [0.2, 0.25) is 0 Å². The first-order valence-electron chi connectivity index (χ1n) is 8.75. The zero-order valence-corrected chi connectivity index (χ0v) is 14.9. The van der Waals surface area contributed by atoms with E-state index in [0.29, 0.717) is 0 Å². The lowest BCUT2D eigenvalue weighted by Gasteiger charge is -2.21. The van der Waals surface area contributed by atoms with Crippen molar-refractivity contribution in [2.24, 2.45) is 0 Å². The quantitative estimate of drug-likeness (QED) is 0.686. The first-order chi connectivity index (χ1) is 13.0. The van der Waals surface area contributed by atoms with Crippen molar-refractivity contribution in [1.82, 2.24) is 0 Å². The van der Waals surface area contributed by atoms with Crippen LogP contribution in [0.25, 0.3) is 0 Å². The Bertz CT molecular complexity index is 861. The number of carbonyl (C=O) groups excluding carboxylic acids is 1. The zero-order valence-electron chi connectivity index (χ0n) is 14.9. The molecule has 0 aromatic heterocycles. The molecule has 0 saturated carbocycles. The summed E-state index contributed by atoms with van der Waals surface area (Å²) in [4.78, 5) is 12.5. The van der Waals surface area contributed by atoms with Crippen molar-refractivity contribution in [3.63, 3.8) is 0 Å². The maximum Gasteiger partial charge on any atom is 0.282 e. The average Bonchev–Trinajstić information content (AvgIpc) is 2.69. The van der Waals surface area contributed by atoms with E-state index in [0.717, 1.165) is 23.3 Å². The number of quaternary nitrogens is 1. The molecule has 3 nitrogen and oxygen atoms in total. The van der Waals surface area contributed by atoms with Crippen molar-refractivity contribution in [2.75, 3.05) is 5.32 Å². The van der Waals surface area contributed by atoms with Gasteiger partial charge in [0.05, 0.1) is 5.69 Å². The predicted octanol–water partition coefficient (Wildman–Crippen LogP) is 3.64. The van der Waals surface area contributed by atoms with Gasteiger partial charge in [0.15, 0.2) is 6.04 Å². The largest absolute Gasteiger partial charge is 0.326 e. The van der Waals surface area contributed by atoms with E-state index >= 15 is 0 Å². The number of hydrogen-bond donors (Lipinski definition) is 2. The van der Waals surface area contributed by atoms with Gasteiger partial charge in [0, 0.05) is 17.2 Å². The van der Waals surface area contributed by atoms with Crippen LogP contribution in [0.4, 0.5) is 14.5 Å². The fraction of sp³-hybridized carbons (Fsp3) is 0.136. The highest BCUT2D eigenvalue weighted by atomic mass is 19.1. The van der Waals surface area contributed by atoms with E-state index in [1.807, 2.05) is 66.0 Å². The van der Waals surface area contributed by atoms with Crippen molar-refractivity contribution in [3.05, 3.63) is 102 Å². The Balaban J connectivity index is 1.78. The molecule has 0 heterocycles. The van der Waals surface area contributed by atoms with Gasteiger partial charge in [-0.15, -0.1) is 0 Å². The summed E-state index contributed by atoms with van der Waals surface area (Å²) < 4.78 is 26.8. The molecule has 0 saturated heterocycles. The first-order valence-corrected chi connectivity index (χ1v) is 8.75. The molecule has 3 rings (SSSR count). The normalized spacial score (nSPS) is 12.0. The van der Waals surface area contributed by atoms with E-state index in [1.165, 1.54) is 6.07 Å². The van der Waals surface area contributed by atoms with E-state index in [1.54, 1.807) is 6.92 Å². The minimum absolute atomic E-state index is 0.0300. The Hall–Kier alpha value is -3.05. The maximum atomic E-state index is 13.8. The van der Waals surface area contributed by atoms with E-state index in [-0.39, 0.29) is 17.6 Å². The van der Waals surface area contributed by atoms with Crippen LogP contribution >= 0.6 is 0 Å². The summed E-state index contributed by atoms with van der Waals surface area (Å²) in [6.07, 6.45) is 0. The molecule has 0 spiro atoms. The van der Waals surface area contributed by atoms with Gasteiger partial charge >= 0.3 is 0 Å². The molecule has 0 fully saturated rings. The summed E-state index contributed by atoms with van der Waals surface area (Å²) in [6.45, 7) is 1.76. The third-order valence-electron chi connectivity index (χ3n) is 4.40. The number of nitrogens with two attached hydrogens (primary N) is 1. The standard InChI is InChI=1S/C22H20F2N2O/c1-15(22(27)26-20-13-12-18(23)14-19(20)24)25-21(16-8-4-2-5-9-16)17-10-6-3-7-11-17/h2-15,21,25H,1H3,(H,26,27)/p+1/t15-/m0/s1. The van der Waals surface area contributed by atoms with Gasteiger partial charge in [-0.2, -0.15) is 0 Å². The van der Waals surface area contributed by atoms with Crippen LogP contribution in [-0.4, -0.2) is 11.9 Å². The molecule has 0 aliphatic rings. The Morgan fingerprint density at radius 2 is 1.44 bits per heavy atom. The lowest BCUT2D eigenvalue weighted by atomic mass is 9.98. The van der Waals surface area contributed by atoms with Gasteiger partial charge in [0.1, 0.15) is 17.7 Å². The first kappa shape index (κ1) is 18.7. The number of halogens is 2. The molecule has 3 aromatic carbocycles. The third-order valence-corrected chi connectivity index (χ3v) is 4.40. The Morgan fingerprint density at radius 3 is 1.96 bits per heavy atom. The number of anilines is 1. The fourth-order valence-corrected chi connectivity index (χ4v) is 2.95. The molecule has 0 aliphatic heterocycles. The second-order valence-corrected chi connectivity index (χ2v) is 6.39. The van der Waals surface area contributed by atoms with E-state index in [9.17, 15) is 13.6 Å². The van der Waals surface area contributed by atoms with E-state index < -0.39 is 17.7 Å². The molecule has 1 atom stereocenters. The fourth-order valence-electron chi connectivity index (χ4n) is 2.95. The topological polar surface area (TPSA) is 45.7 Å². The van der Waals surface area contributed by atoms with Crippen LogP contribution in [0, 0.1) is 11.6 Å². The SMILES string of the molecule is C[C@H]([NH2+]C(c1ccccc1)c1ccccc1)C(=O)Nc1ccc(F)cc1F. The maximum absolute atomic E-state index is 13.8. The summed E-state index contributed by atoms with van der Waals surface area (Å²) in [5.41, 5.74) is 2.10. The van der Waals surface area contributed by atoms with Crippen molar-refractivity contribution in [2.45, 2.75) is 19.0 Å². The van der Waals surface area contributed by atoms with Gasteiger partial charge in [-0.3, -0.25) is 4.79 Å². The number of amides is 1. The van der Waals surface area contributed by atoms with Crippen molar-refractivity contribution < 1.29 is 18.9 Å². The van der Waals surface area contributed by atoms with Gasteiger partial charge < -0.3 is 10.6 Å². The highest BCUT2D eigenvalue weighted by Gasteiger charge is 2.25. The zero-order chi connectivity index (χ0) is 19.2. The number of benzene rings is 3. The summed E-state index contributed by atoms with van der Waals surface area (Å²) in [7, 11) is 0.